The summed E-state index contributed by atoms with van der Waals surface area (Å²) in [4.78, 5) is 16.9. The zero-order valence-corrected chi connectivity index (χ0v) is 12.7. The van der Waals surface area contributed by atoms with Gasteiger partial charge in [-0.1, -0.05) is 13.8 Å². The second kappa shape index (κ2) is 5.46. The van der Waals surface area contributed by atoms with Gasteiger partial charge in [-0.2, -0.15) is 0 Å². The number of anilines is 1. The maximum Gasteiger partial charge on any atom is 0.180 e. The number of fused-ring (bicyclic) bond motifs is 1. The van der Waals surface area contributed by atoms with Crippen LogP contribution in [0.3, 0.4) is 0 Å². The number of hydrogen-bond acceptors (Lipinski definition) is 6. The first kappa shape index (κ1) is 13.5. The number of thiazole rings is 1. The highest BCUT2D eigenvalue weighted by atomic mass is 32.1. The minimum atomic E-state index is 0.387. The van der Waals surface area contributed by atoms with Gasteiger partial charge in [-0.3, -0.25) is 4.90 Å². The molecule has 0 radical (unpaired) electrons. The molecular weight excluding hydrogens is 270 g/mol. The second-order valence-corrected chi connectivity index (χ2v) is 6.63. The number of rotatable bonds is 3. The fraction of sp³-hybridized carbons (Fsp3) is 0.500. The Hall–Kier alpha value is -1.53. The van der Waals surface area contributed by atoms with Gasteiger partial charge in [0.05, 0.1) is 0 Å². The Morgan fingerprint density at radius 2 is 2.20 bits per heavy atom. The summed E-state index contributed by atoms with van der Waals surface area (Å²) in [6, 6.07) is 0. The quantitative estimate of drug-likeness (QED) is 0.938. The average Bonchev–Trinajstić information content (AvgIpc) is 2.83. The molecular formula is C14H19N5S. The minimum Gasteiger partial charge on any atom is -0.375 e. The Labute approximate surface area is 122 Å². The van der Waals surface area contributed by atoms with Gasteiger partial charge in [-0.15, -0.1) is 11.3 Å². The second-order valence-electron chi connectivity index (χ2n) is 5.48. The van der Waals surface area contributed by atoms with Crippen LogP contribution in [0.25, 0.3) is 0 Å². The minimum absolute atomic E-state index is 0.387. The number of nitrogens with zero attached hydrogens (tertiary/aromatic N) is 4. The molecule has 1 aliphatic rings. The summed E-state index contributed by atoms with van der Waals surface area (Å²) in [6.45, 7) is 7.10. The van der Waals surface area contributed by atoms with Gasteiger partial charge in [-0.05, 0) is 0 Å². The topological polar surface area (TPSA) is 67.9 Å². The zero-order valence-electron chi connectivity index (χ0n) is 11.8. The van der Waals surface area contributed by atoms with Crippen LogP contribution in [0.5, 0.6) is 0 Å². The van der Waals surface area contributed by atoms with Crippen molar-refractivity contribution in [3.8, 4) is 0 Å². The van der Waals surface area contributed by atoms with Crippen molar-refractivity contribution >= 4 is 16.5 Å². The monoisotopic (exact) mass is 289 g/mol. The molecule has 1 aliphatic heterocycles. The smallest absolute Gasteiger partial charge is 0.180 e. The van der Waals surface area contributed by atoms with Crippen LogP contribution in [0.15, 0.2) is 12.4 Å². The predicted octanol–water partition coefficient (Wildman–Crippen LogP) is 2.20. The van der Waals surface area contributed by atoms with Crippen molar-refractivity contribution in [3.63, 3.8) is 0 Å². The third-order valence-electron chi connectivity index (χ3n) is 3.50. The number of nitrogen functional groups attached to an aromatic ring is 1. The molecule has 0 aromatic carbocycles. The normalized spacial score (nSPS) is 15.6. The lowest BCUT2D eigenvalue weighted by molar-refractivity contribution is 0.244. The van der Waals surface area contributed by atoms with Crippen LogP contribution in [-0.2, 0) is 19.5 Å². The molecule has 20 heavy (non-hydrogen) atoms. The number of nitrogens with two attached hydrogens (primary N) is 1. The first-order valence-corrected chi connectivity index (χ1v) is 7.70. The Bertz CT molecular complexity index is 607. The van der Waals surface area contributed by atoms with Crippen LogP contribution in [-0.4, -0.2) is 26.4 Å². The summed E-state index contributed by atoms with van der Waals surface area (Å²) in [6.07, 6.45) is 4.85. The van der Waals surface area contributed by atoms with E-state index in [0.717, 1.165) is 31.9 Å². The van der Waals surface area contributed by atoms with Gasteiger partial charge in [0.2, 0.25) is 0 Å². The highest BCUT2D eigenvalue weighted by molar-refractivity contribution is 7.15. The number of aromatic nitrogens is 3. The lowest BCUT2D eigenvalue weighted by Crippen LogP contribution is -2.30. The van der Waals surface area contributed by atoms with Crippen molar-refractivity contribution in [2.75, 3.05) is 12.3 Å². The largest absolute Gasteiger partial charge is 0.375 e. The summed E-state index contributed by atoms with van der Waals surface area (Å²) < 4.78 is 0. The molecule has 0 aliphatic carbocycles. The lowest BCUT2D eigenvalue weighted by atomic mass is 10.1. The van der Waals surface area contributed by atoms with Crippen molar-refractivity contribution in [3.05, 3.63) is 34.4 Å². The Kier molecular flexibility index (Phi) is 3.67. The van der Waals surface area contributed by atoms with Crippen LogP contribution >= 0.6 is 11.3 Å². The van der Waals surface area contributed by atoms with Crippen LogP contribution in [0, 0.1) is 0 Å². The molecule has 0 spiro atoms. The van der Waals surface area contributed by atoms with E-state index in [1.54, 1.807) is 11.3 Å². The summed E-state index contributed by atoms with van der Waals surface area (Å²) in [5, 5.41) is 0.641. The zero-order chi connectivity index (χ0) is 14.1. The highest BCUT2D eigenvalue weighted by Gasteiger charge is 2.19. The van der Waals surface area contributed by atoms with E-state index in [1.165, 1.54) is 16.1 Å². The van der Waals surface area contributed by atoms with Gasteiger partial charge in [0.15, 0.2) is 5.13 Å². The van der Waals surface area contributed by atoms with E-state index in [1.807, 2.05) is 12.4 Å². The summed E-state index contributed by atoms with van der Waals surface area (Å²) in [5.41, 5.74) is 8.13. The van der Waals surface area contributed by atoms with E-state index < -0.39 is 0 Å². The Balaban J connectivity index is 1.72. The first-order valence-electron chi connectivity index (χ1n) is 6.89. The molecule has 2 aromatic rings. The van der Waals surface area contributed by atoms with Crippen molar-refractivity contribution < 1.29 is 0 Å². The molecule has 0 amide bonds. The van der Waals surface area contributed by atoms with E-state index in [0.29, 0.717) is 11.0 Å². The molecule has 2 aromatic heterocycles. The third-order valence-corrected chi connectivity index (χ3v) is 4.31. The van der Waals surface area contributed by atoms with Crippen molar-refractivity contribution in [2.24, 2.45) is 0 Å². The fourth-order valence-electron chi connectivity index (χ4n) is 2.42. The summed E-state index contributed by atoms with van der Waals surface area (Å²) in [5.74, 6) is 1.34. The van der Waals surface area contributed by atoms with Gasteiger partial charge in [0, 0.05) is 60.5 Å². The van der Waals surface area contributed by atoms with Crippen molar-refractivity contribution in [1.82, 2.24) is 19.9 Å². The molecule has 0 saturated carbocycles. The fourth-order valence-corrected chi connectivity index (χ4v) is 3.15. The molecule has 0 fully saturated rings. The molecule has 5 nitrogen and oxygen atoms in total. The van der Waals surface area contributed by atoms with Gasteiger partial charge in [-0.25, -0.2) is 15.0 Å². The summed E-state index contributed by atoms with van der Waals surface area (Å²) in [7, 11) is 0. The molecule has 0 bridgehead atoms. The van der Waals surface area contributed by atoms with Crippen LogP contribution in [0.2, 0.25) is 0 Å². The standard InChI is InChI=1S/C14H19N5S/c1-9(2)13-16-5-10-7-19(4-3-12(10)18-13)8-11-6-17-14(15)20-11/h5-6,9H,3-4,7-8H2,1-2H3,(H2,15,17). The van der Waals surface area contributed by atoms with E-state index in [-0.39, 0.29) is 0 Å². The van der Waals surface area contributed by atoms with Crippen molar-refractivity contribution in [2.45, 2.75) is 39.3 Å². The van der Waals surface area contributed by atoms with Gasteiger partial charge in [0.1, 0.15) is 5.82 Å². The molecule has 106 valence electrons. The maximum absolute atomic E-state index is 5.67. The van der Waals surface area contributed by atoms with E-state index in [4.69, 9.17) is 10.7 Å². The summed E-state index contributed by atoms with van der Waals surface area (Å²) >= 11 is 1.56. The Morgan fingerprint density at radius 1 is 1.35 bits per heavy atom. The highest BCUT2D eigenvalue weighted by Crippen LogP contribution is 2.22. The predicted molar refractivity (Wildman–Crippen MR) is 80.5 cm³/mol. The molecule has 6 heteroatoms. The average molecular weight is 289 g/mol. The first-order chi connectivity index (χ1) is 9.61. The van der Waals surface area contributed by atoms with E-state index in [9.17, 15) is 0 Å². The molecule has 3 heterocycles. The van der Waals surface area contributed by atoms with Gasteiger partial charge < -0.3 is 5.73 Å². The molecule has 2 N–H and O–H groups in total. The van der Waals surface area contributed by atoms with Crippen LogP contribution in [0.4, 0.5) is 5.13 Å². The third kappa shape index (κ3) is 2.81. The molecule has 0 saturated heterocycles. The van der Waals surface area contributed by atoms with Gasteiger partial charge in [0.25, 0.3) is 0 Å². The molecule has 3 rings (SSSR count). The molecule has 0 unspecified atom stereocenters. The molecule has 0 atom stereocenters. The van der Waals surface area contributed by atoms with E-state index >= 15 is 0 Å². The van der Waals surface area contributed by atoms with Crippen LogP contribution < -0.4 is 5.73 Å². The maximum atomic E-state index is 5.67. The SMILES string of the molecule is CC(C)c1ncc2c(n1)CCN(Cc1cnc(N)s1)C2. The van der Waals surface area contributed by atoms with Crippen molar-refractivity contribution in [1.29, 1.82) is 0 Å². The van der Waals surface area contributed by atoms with Crippen LogP contribution in [0.1, 0.15) is 41.7 Å². The Morgan fingerprint density at radius 3 is 2.90 bits per heavy atom. The lowest BCUT2D eigenvalue weighted by Gasteiger charge is -2.27. The van der Waals surface area contributed by atoms with E-state index in [2.05, 4.69) is 28.7 Å². The number of hydrogen-bond donors (Lipinski definition) is 1. The van der Waals surface area contributed by atoms with Gasteiger partial charge >= 0.3 is 0 Å².